The minimum atomic E-state index is -0.362. The van der Waals surface area contributed by atoms with E-state index in [1.54, 1.807) is 0 Å². The minimum absolute atomic E-state index is 0.253. The van der Waals surface area contributed by atoms with Gasteiger partial charge in [0.05, 0.1) is 0 Å². The molecule has 0 saturated heterocycles. The van der Waals surface area contributed by atoms with E-state index in [4.69, 9.17) is 44.9 Å². The monoisotopic (exact) mass is 747 g/mol. The molecule has 0 amide bonds. The molecule has 3 heterocycles. The summed E-state index contributed by atoms with van der Waals surface area (Å²) in [5.41, 5.74) is 4.06. The number of hydrogen-bond acceptors (Lipinski definition) is 9. The van der Waals surface area contributed by atoms with Crippen LogP contribution in [0.4, 0.5) is 0 Å². The zero-order valence-electron chi connectivity index (χ0n) is 36.0. The van der Waals surface area contributed by atoms with Crippen LogP contribution in [-0.2, 0) is 27.1 Å². The van der Waals surface area contributed by atoms with Gasteiger partial charge in [-0.25, -0.2) is 44.9 Å². The summed E-state index contributed by atoms with van der Waals surface area (Å²) in [5, 5.41) is 0. The van der Waals surface area contributed by atoms with Crippen molar-refractivity contribution in [1.29, 1.82) is 0 Å². The number of rotatable bonds is 5. The first-order valence-electron chi connectivity index (χ1n) is 19.5. The zero-order chi connectivity index (χ0) is 41.0. The molecule has 56 heavy (non-hydrogen) atoms. The summed E-state index contributed by atoms with van der Waals surface area (Å²) in [6.07, 6.45) is 0. The summed E-state index contributed by atoms with van der Waals surface area (Å²) in [7, 11) is 0. The molecule has 9 nitrogen and oxygen atoms in total. The Kier molecular flexibility index (Phi) is 10.3. The van der Waals surface area contributed by atoms with Crippen LogP contribution >= 0.6 is 0 Å². The van der Waals surface area contributed by atoms with Gasteiger partial charge in [0.1, 0.15) is 29.1 Å². The fraction of sp³-hybridized carbons (Fsp3) is 0.426. The Morgan fingerprint density at radius 3 is 0.893 bits per heavy atom. The molecule has 6 rings (SSSR count). The van der Waals surface area contributed by atoms with Gasteiger partial charge >= 0.3 is 0 Å². The normalized spacial score (nSPS) is 12.9. The highest BCUT2D eigenvalue weighted by Gasteiger charge is 2.28. The number of aromatic nitrogens is 9. The summed E-state index contributed by atoms with van der Waals surface area (Å²) in [4.78, 5) is 45.3. The average molecular weight is 748 g/mol. The highest BCUT2D eigenvalue weighted by molar-refractivity contribution is 5.78. The van der Waals surface area contributed by atoms with Crippen LogP contribution < -0.4 is 0 Å². The molecule has 0 aliphatic rings. The van der Waals surface area contributed by atoms with Crippen LogP contribution in [0.5, 0.6) is 0 Å². The van der Waals surface area contributed by atoms with Crippen molar-refractivity contribution in [1.82, 2.24) is 44.9 Å². The van der Waals surface area contributed by atoms with Crippen molar-refractivity contribution in [3.8, 4) is 56.7 Å². The maximum atomic E-state index is 5.19. The molecule has 9 heteroatoms. The van der Waals surface area contributed by atoms with Crippen molar-refractivity contribution in [3.05, 3.63) is 102 Å². The summed E-state index contributed by atoms with van der Waals surface area (Å²) in [6.45, 7) is 31.9. The second-order valence-electron chi connectivity index (χ2n) is 19.9. The molecule has 0 saturated carbocycles. The third kappa shape index (κ3) is 9.04. The Morgan fingerprint density at radius 2 is 0.518 bits per heavy atom. The van der Waals surface area contributed by atoms with Crippen LogP contribution in [0.2, 0.25) is 0 Å². The van der Waals surface area contributed by atoms with Crippen molar-refractivity contribution in [2.45, 2.75) is 131 Å². The van der Waals surface area contributed by atoms with Crippen molar-refractivity contribution >= 4 is 0 Å². The summed E-state index contributed by atoms with van der Waals surface area (Å²) in [5.74, 6) is 6.08. The van der Waals surface area contributed by atoms with Crippen molar-refractivity contribution < 1.29 is 0 Å². The van der Waals surface area contributed by atoms with E-state index in [2.05, 4.69) is 140 Å². The topological polar surface area (TPSA) is 116 Å². The first-order chi connectivity index (χ1) is 25.9. The fourth-order valence-electron chi connectivity index (χ4n) is 5.80. The van der Waals surface area contributed by atoms with Crippen LogP contribution in [0.3, 0.4) is 0 Å². The molecule has 0 radical (unpaired) electrons. The smallest absolute Gasteiger partial charge is 0.163 e. The molecule has 0 atom stereocenters. The maximum absolute atomic E-state index is 5.19. The summed E-state index contributed by atoms with van der Waals surface area (Å²) >= 11 is 0. The number of nitrogens with zero attached hydrogens (tertiary/aromatic N) is 9. The second-order valence-corrected chi connectivity index (χ2v) is 19.9. The van der Waals surface area contributed by atoms with E-state index >= 15 is 0 Å². The zero-order valence-corrected chi connectivity index (χ0v) is 36.0. The average Bonchev–Trinajstić information content (AvgIpc) is 3.12. The predicted octanol–water partition coefficient (Wildman–Crippen LogP) is 11.1. The molecule has 0 aliphatic carbocycles. The van der Waals surface area contributed by atoms with Gasteiger partial charge in [0.2, 0.25) is 0 Å². The number of hydrogen-bond donors (Lipinski definition) is 0. The van der Waals surface area contributed by atoms with Crippen molar-refractivity contribution in [2.75, 3.05) is 0 Å². The van der Waals surface area contributed by atoms with Gasteiger partial charge in [-0.05, 0) is 35.4 Å². The highest BCUT2D eigenvalue weighted by Crippen LogP contribution is 2.35. The third-order valence-corrected chi connectivity index (χ3v) is 9.20. The molecule has 3 aromatic heterocycles. The van der Waals surface area contributed by atoms with Gasteiger partial charge in [0.25, 0.3) is 0 Å². The van der Waals surface area contributed by atoms with E-state index in [1.807, 2.05) is 36.4 Å². The van der Waals surface area contributed by atoms with E-state index in [0.717, 1.165) is 56.7 Å². The van der Waals surface area contributed by atoms with E-state index in [0.29, 0.717) is 29.1 Å². The largest absolute Gasteiger partial charge is 0.217 e. The van der Waals surface area contributed by atoms with Crippen LogP contribution in [0, 0.1) is 0 Å². The Labute approximate surface area is 333 Å². The molecule has 0 fully saturated rings. The van der Waals surface area contributed by atoms with Crippen LogP contribution in [-0.4, -0.2) is 44.9 Å². The van der Waals surface area contributed by atoms with Gasteiger partial charge < -0.3 is 0 Å². The lowest BCUT2D eigenvalue weighted by atomic mass is 9.92. The highest BCUT2D eigenvalue weighted by atomic mass is 15.1. The Morgan fingerprint density at radius 1 is 0.250 bits per heavy atom. The summed E-state index contributed by atoms with van der Waals surface area (Å²) in [6, 6.07) is 24.9. The quantitative estimate of drug-likeness (QED) is 0.170. The third-order valence-electron chi connectivity index (χ3n) is 9.20. The first-order valence-corrected chi connectivity index (χ1v) is 19.5. The molecule has 290 valence electrons. The second kappa shape index (κ2) is 14.3. The van der Waals surface area contributed by atoms with Gasteiger partial charge in [0.15, 0.2) is 23.3 Å². The van der Waals surface area contributed by atoms with Gasteiger partial charge in [-0.15, -0.1) is 0 Å². The predicted molar refractivity (Wildman–Crippen MR) is 227 cm³/mol. The van der Waals surface area contributed by atoms with E-state index < -0.39 is 0 Å². The Bertz CT molecular complexity index is 2320. The van der Waals surface area contributed by atoms with Gasteiger partial charge in [-0.1, -0.05) is 152 Å². The first kappa shape index (κ1) is 40.4. The number of benzene rings is 3. The van der Waals surface area contributed by atoms with Crippen LogP contribution in [0.15, 0.2) is 72.8 Å². The van der Waals surface area contributed by atoms with E-state index in [1.165, 1.54) is 0 Å². The lowest BCUT2D eigenvalue weighted by molar-refractivity contribution is 0.497. The van der Waals surface area contributed by atoms with E-state index in [9.17, 15) is 0 Å². The van der Waals surface area contributed by atoms with Crippen LogP contribution in [0.25, 0.3) is 56.7 Å². The van der Waals surface area contributed by atoms with Crippen LogP contribution in [0.1, 0.15) is 133 Å². The minimum Gasteiger partial charge on any atom is -0.217 e. The van der Waals surface area contributed by atoms with Crippen molar-refractivity contribution in [3.63, 3.8) is 0 Å². The van der Waals surface area contributed by atoms with Gasteiger partial charge in [0, 0.05) is 49.3 Å². The lowest BCUT2D eigenvalue weighted by Crippen LogP contribution is -2.24. The Hall–Kier alpha value is -5.31. The van der Waals surface area contributed by atoms with E-state index in [-0.39, 0.29) is 27.1 Å². The Balaban J connectivity index is 1.57. The molecule has 6 aromatic rings. The molecular weight excluding hydrogens is 691 g/mol. The molecule has 0 bridgehead atoms. The molecule has 3 aromatic carbocycles. The van der Waals surface area contributed by atoms with Crippen molar-refractivity contribution in [2.24, 2.45) is 0 Å². The maximum Gasteiger partial charge on any atom is 0.163 e. The molecule has 0 aliphatic heterocycles. The molecule has 0 unspecified atom stereocenters. The lowest BCUT2D eigenvalue weighted by Gasteiger charge is -2.23. The van der Waals surface area contributed by atoms with Gasteiger partial charge in [-0.2, -0.15) is 0 Å². The molecule has 0 N–H and O–H groups in total. The standard InChI is InChI=1S/C47H57N9/c1-43(2,3)38-49-34(29-22-19-23-30(24-29)35-50-39(44(4,5)6)55-40(51-35)45(7,8)9)48-36(52-38)32-25-31(28-20-17-16-18-21-28)26-33(27-32)37-53-41(46(10,11)12)56-42(54-37)47(13,14)15/h16-27H,1-15H3. The molecular formula is C47H57N9. The fourth-order valence-corrected chi connectivity index (χ4v) is 5.80. The SMILES string of the molecule is CC(C)(C)c1nc(-c2cccc(-c3nc(C(C)(C)C)nc(C(C)(C)C)n3)c2)nc(-c2cc(-c3ccccc3)cc(-c3nc(C(C)(C)C)nc(C(C)(C)C)n3)c2)n1. The summed E-state index contributed by atoms with van der Waals surface area (Å²) < 4.78 is 0. The molecule has 0 spiro atoms. The van der Waals surface area contributed by atoms with Gasteiger partial charge in [-0.3, -0.25) is 0 Å².